The van der Waals surface area contributed by atoms with Crippen molar-refractivity contribution < 1.29 is 9.18 Å². The fourth-order valence-corrected chi connectivity index (χ4v) is 2.27. The molecule has 0 bridgehead atoms. The van der Waals surface area contributed by atoms with E-state index in [1.165, 1.54) is 6.07 Å². The zero-order valence-corrected chi connectivity index (χ0v) is 10.9. The molecule has 1 aromatic carbocycles. The van der Waals surface area contributed by atoms with Crippen LogP contribution >= 0.6 is 15.9 Å². The molecule has 92 valence electrons. The molecule has 1 aromatic rings. The number of amides is 1. The van der Waals surface area contributed by atoms with E-state index in [1.807, 2.05) is 0 Å². The van der Waals surface area contributed by atoms with Crippen molar-refractivity contribution in [3.05, 3.63) is 28.5 Å². The molecule has 1 atom stereocenters. The van der Waals surface area contributed by atoms with E-state index in [1.54, 1.807) is 12.1 Å². The molecular weight excluding hydrogens is 287 g/mol. The number of carbonyl (C=O) groups excluding carboxylic acids is 1. The van der Waals surface area contributed by atoms with Gasteiger partial charge in [0.2, 0.25) is 5.91 Å². The number of carbonyl (C=O) groups is 1. The summed E-state index contributed by atoms with van der Waals surface area (Å²) in [5.41, 5.74) is 0.619. The predicted octanol–water partition coefficient (Wildman–Crippen LogP) is 2.53. The maximum absolute atomic E-state index is 13.0. The van der Waals surface area contributed by atoms with Crippen LogP contribution in [0.25, 0.3) is 0 Å². The highest BCUT2D eigenvalue weighted by molar-refractivity contribution is 9.10. The van der Waals surface area contributed by atoms with Crippen LogP contribution in [0.1, 0.15) is 12.8 Å². The van der Waals surface area contributed by atoms with Crippen molar-refractivity contribution in [2.45, 2.75) is 12.8 Å². The van der Waals surface area contributed by atoms with Crippen LogP contribution in [0, 0.1) is 11.7 Å². The van der Waals surface area contributed by atoms with E-state index < -0.39 is 0 Å². The number of halogens is 2. The molecule has 0 spiro atoms. The average molecular weight is 301 g/mol. The van der Waals surface area contributed by atoms with E-state index in [0.717, 1.165) is 19.4 Å². The summed E-state index contributed by atoms with van der Waals surface area (Å²) in [6, 6.07) is 4.47. The van der Waals surface area contributed by atoms with Gasteiger partial charge in [0.1, 0.15) is 5.82 Å². The molecule has 2 rings (SSSR count). The van der Waals surface area contributed by atoms with E-state index in [0.29, 0.717) is 16.7 Å². The van der Waals surface area contributed by atoms with Gasteiger partial charge in [-0.2, -0.15) is 0 Å². The molecule has 1 aliphatic rings. The molecule has 0 aromatic heterocycles. The van der Waals surface area contributed by atoms with E-state index in [9.17, 15) is 9.18 Å². The average Bonchev–Trinajstić information content (AvgIpc) is 2.35. The summed E-state index contributed by atoms with van der Waals surface area (Å²) in [6.45, 7) is 1.69. The van der Waals surface area contributed by atoms with Gasteiger partial charge in [-0.25, -0.2) is 4.39 Å². The Morgan fingerprint density at radius 3 is 3.00 bits per heavy atom. The lowest BCUT2D eigenvalue weighted by Crippen LogP contribution is -2.37. The van der Waals surface area contributed by atoms with Gasteiger partial charge in [-0.15, -0.1) is 0 Å². The van der Waals surface area contributed by atoms with E-state index >= 15 is 0 Å². The highest BCUT2D eigenvalue weighted by atomic mass is 79.9. The molecule has 1 saturated heterocycles. The Kier molecular flexibility index (Phi) is 4.12. The molecule has 1 amide bonds. The Hall–Kier alpha value is -0.940. The fraction of sp³-hybridized carbons (Fsp3) is 0.417. The summed E-state index contributed by atoms with van der Waals surface area (Å²) < 4.78 is 13.4. The number of hydrogen-bond acceptors (Lipinski definition) is 2. The monoisotopic (exact) mass is 300 g/mol. The number of nitrogens with one attached hydrogen (secondary N) is 2. The second-order valence-corrected chi connectivity index (χ2v) is 5.02. The van der Waals surface area contributed by atoms with Gasteiger partial charge >= 0.3 is 0 Å². The third-order valence-corrected chi connectivity index (χ3v) is 3.46. The van der Waals surface area contributed by atoms with Gasteiger partial charge in [0.15, 0.2) is 0 Å². The largest absolute Gasteiger partial charge is 0.326 e. The van der Waals surface area contributed by atoms with E-state index in [-0.39, 0.29) is 17.6 Å². The molecular formula is C12H14BrFN2O. The van der Waals surface area contributed by atoms with Crippen LogP contribution in [0.5, 0.6) is 0 Å². The lowest BCUT2D eigenvalue weighted by Gasteiger charge is -2.21. The second kappa shape index (κ2) is 5.60. The van der Waals surface area contributed by atoms with Gasteiger partial charge in [-0.3, -0.25) is 4.79 Å². The molecule has 2 N–H and O–H groups in total. The minimum absolute atomic E-state index is 0.00397. The topological polar surface area (TPSA) is 41.1 Å². The lowest BCUT2D eigenvalue weighted by molar-refractivity contribution is -0.120. The van der Waals surface area contributed by atoms with Gasteiger partial charge in [0.05, 0.1) is 10.4 Å². The van der Waals surface area contributed by atoms with Crippen LogP contribution in [0.2, 0.25) is 0 Å². The Balaban J connectivity index is 1.99. The van der Waals surface area contributed by atoms with Crippen LogP contribution < -0.4 is 10.6 Å². The Morgan fingerprint density at radius 1 is 1.53 bits per heavy atom. The molecule has 1 fully saturated rings. The van der Waals surface area contributed by atoms with Gasteiger partial charge in [-0.1, -0.05) is 0 Å². The summed E-state index contributed by atoms with van der Waals surface area (Å²) in [5.74, 6) is -0.328. The number of piperidine rings is 1. The Labute approximate surface area is 108 Å². The molecule has 0 radical (unpaired) electrons. The van der Waals surface area contributed by atoms with Crippen LogP contribution in [0.15, 0.2) is 22.7 Å². The first kappa shape index (κ1) is 12.5. The predicted molar refractivity (Wildman–Crippen MR) is 68.3 cm³/mol. The Morgan fingerprint density at radius 2 is 2.35 bits per heavy atom. The molecule has 5 heteroatoms. The van der Waals surface area contributed by atoms with Crippen LogP contribution in [-0.2, 0) is 4.79 Å². The molecule has 17 heavy (non-hydrogen) atoms. The van der Waals surface area contributed by atoms with Crippen LogP contribution in [0.4, 0.5) is 10.1 Å². The molecule has 1 aliphatic heterocycles. The van der Waals surface area contributed by atoms with E-state index in [2.05, 4.69) is 26.6 Å². The maximum Gasteiger partial charge on any atom is 0.228 e. The third-order valence-electron chi connectivity index (χ3n) is 2.85. The van der Waals surface area contributed by atoms with Gasteiger partial charge in [0.25, 0.3) is 0 Å². The fourth-order valence-electron chi connectivity index (χ4n) is 1.89. The summed E-state index contributed by atoms with van der Waals surface area (Å²) >= 11 is 3.09. The number of anilines is 1. The van der Waals surface area contributed by atoms with Gasteiger partial charge in [0, 0.05) is 12.2 Å². The smallest absolute Gasteiger partial charge is 0.228 e. The highest BCUT2D eigenvalue weighted by Crippen LogP contribution is 2.21. The first-order valence-electron chi connectivity index (χ1n) is 5.63. The number of benzene rings is 1. The van der Waals surface area contributed by atoms with Crippen molar-refractivity contribution in [3.8, 4) is 0 Å². The van der Waals surface area contributed by atoms with Gasteiger partial charge < -0.3 is 10.6 Å². The van der Waals surface area contributed by atoms with Crippen LogP contribution in [-0.4, -0.2) is 19.0 Å². The second-order valence-electron chi connectivity index (χ2n) is 4.16. The highest BCUT2D eigenvalue weighted by Gasteiger charge is 2.20. The summed E-state index contributed by atoms with van der Waals surface area (Å²) in [5, 5.41) is 6.00. The normalized spacial score (nSPS) is 20.0. The van der Waals surface area contributed by atoms with Gasteiger partial charge in [-0.05, 0) is 53.5 Å². The number of rotatable bonds is 2. The summed E-state index contributed by atoms with van der Waals surface area (Å²) in [4.78, 5) is 11.9. The molecule has 1 unspecified atom stereocenters. The molecule has 1 heterocycles. The first-order chi connectivity index (χ1) is 8.16. The molecule has 3 nitrogen and oxygen atoms in total. The maximum atomic E-state index is 13.0. The van der Waals surface area contributed by atoms with Crippen molar-refractivity contribution in [2.75, 3.05) is 18.4 Å². The zero-order valence-electron chi connectivity index (χ0n) is 9.30. The van der Waals surface area contributed by atoms with Crippen LogP contribution in [0.3, 0.4) is 0 Å². The summed E-state index contributed by atoms with van der Waals surface area (Å²) in [7, 11) is 0. The van der Waals surface area contributed by atoms with E-state index in [4.69, 9.17) is 0 Å². The van der Waals surface area contributed by atoms with Crippen molar-refractivity contribution in [1.82, 2.24) is 5.32 Å². The van der Waals surface area contributed by atoms with Crippen molar-refractivity contribution in [1.29, 1.82) is 0 Å². The standard InChI is InChI=1S/C12H14BrFN2O/c13-10-6-9(3-4-11(10)14)16-12(17)8-2-1-5-15-7-8/h3-4,6,8,15H,1-2,5,7H2,(H,16,17). The third kappa shape index (κ3) is 3.26. The first-order valence-corrected chi connectivity index (χ1v) is 6.43. The van der Waals surface area contributed by atoms with Crippen molar-refractivity contribution in [3.63, 3.8) is 0 Å². The minimum atomic E-state index is -0.331. The van der Waals surface area contributed by atoms with Crippen molar-refractivity contribution in [2.24, 2.45) is 5.92 Å². The molecule has 0 saturated carbocycles. The zero-order chi connectivity index (χ0) is 12.3. The lowest BCUT2D eigenvalue weighted by atomic mass is 9.99. The minimum Gasteiger partial charge on any atom is -0.326 e. The molecule has 0 aliphatic carbocycles. The summed E-state index contributed by atoms with van der Waals surface area (Å²) in [6.07, 6.45) is 1.92. The Bertz CT molecular complexity index is 419. The SMILES string of the molecule is O=C(Nc1ccc(F)c(Br)c1)C1CCCNC1. The number of hydrogen-bond donors (Lipinski definition) is 2. The quantitative estimate of drug-likeness (QED) is 0.881. The van der Waals surface area contributed by atoms with Crippen molar-refractivity contribution >= 4 is 27.5 Å².